The molecular weight excluding hydrogens is 376 g/mol. The van der Waals surface area contributed by atoms with Crippen molar-refractivity contribution in [2.45, 2.75) is 50.6 Å². The summed E-state index contributed by atoms with van der Waals surface area (Å²) in [7, 11) is -1.54. The van der Waals surface area contributed by atoms with Gasteiger partial charge in [0.15, 0.2) is 0 Å². The van der Waals surface area contributed by atoms with E-state index in [0.29, 0.717) is 12.3 Å². The van der Waals surface area contributed by atoms with Gasteiger partial charge in [0.25, 0.3) is 0 Å². The number of nitrogens with one attached hydrogen (secondary N) is 1. The van der Waals surface area contributed by atoms with Gasteiger partial charge in [-0.2, -0.15) is 0 Å². The van der Waals surface area contributed by atoms with Crippen LogP contribution in [-0.4, -0.2) is 44.4 Å². The van der Waals surface area contributed by atoms with E-state index < -0.39 is 27.1 Å². The van der Waals surface area contributed by atoms with Crippen molar-refractivity contribution < 1.29 is 18.5 Å². The third-order valence-electron chi connectivity index (χ3n) is 5.75. The summed E-state index contributed by atoms with van der Waals surface area (Å²) < 4.78 is 25.8. The Labute approximate surface area is 168 Å². The van der Waals surface area contributed by atoms with E-state index >= 15 is 0 Å². The van der Waals surface area contributed by atoms with Gasteiger partial charge >= 0.3 is 5.97 Å². The van der Waals surface area contributed by atoms with Crippen LogP contribution in [-0.2, 0) is 31.7 Å². The summed E-state index contributed by atoms with van der Waals surface area (Å²) >= 11 is 0. The lowest BCUT2D eigenvalue weighted by Crippen LogP contribution is -2.53. The Balaban J connectivity index is 1.95. The van der Waals surface area contributed by atoms with Gasteiger partial charge in [0.1, 0.15) is 18.0 Å². The summed E-state index contributed by atoms with van der Waals surface area (Å²) in [5, 5.41) is 3.39. The number of ether oxygens (including phenoxy) is 2. The highest BCUT2D eigenvalue weighted by atomic mass is 32.2. The Hall–Kier alpha value is -1.86. The van der Waals surface area contributed by atoms with Gasteiger partial charge in [0.2, 0.25) is 4.75 Å². The summed E-state index contributed by atoms with van der Waals surface area (Å²) in [5.74, 6) is 0.264. The van der Waals surface area contributed by atoms with Crippen LogP contribution in [0.3, 0.4) is 0 Å². The first-order valence-corrected chi connectivity index (χ1v) is 11.3. The van der Waals surface area contributed by atoms with Crippen molar-refractivity contribution in [2.24, 2.45) is 5.41 Å². The van der Waals surface area contributed by atoms with E-state index in [9.17, 15) is 9.00 Å². The lowest BCUT2D eigenvalue weighted by molar-refractivity contribution is -0.155. The summed E-state index contributed by atoms with van der Waals surface area (Å²) in [6.45, 7) is 7.66. The number of hydrogen-bond acceptors (Lipinski definition) is 5. The van der Waals surface area contributed by atoms with Crippen molar-refractivity contribution in [3.05, 3.63) is 41.9 Å². The molecule has 1 aromatic heterocycles. The fraction of sp³-hybridized carbons (Fsp3) is 0.571. The SMILES string of the molecule is CS(=O)C1(C(=O)OC(C)(C)C)C=CC2(CCNCC2)C2=C1n1cccc1CO2. The number of nitrogens with zero attached hydrogens (tertiary/aromatic N) is 1. The van der Waals surface area contributed by atoms with Gasteiger partial charge in [-0.3, -0.25) is 4.21 Å². The molecule has 2 aliphatic heterocycles. The third kappa shape index (κ3) is 2.87. The van der Waals surface area contributed by atoms with Crippen LogP contribution in [0.5, 0.6) is 0 Å². The zero-order valence-electron chi connectivity index (χ0n) is 16.9. The van der Waals surface area contributed by atoms with Crippen LogP contribution in [0.1, 0.15) is 39.3 Å². The van der Waals surface area contributed by atoms with Gasteiger partial charge in [-0.25, -0.2) is 4.79 Å². The van der Waals surface area contributed by atoms with E-state index in [0.717, 1.165) is 37.4 Å². The quantitative estimate of drug-likeness (QED) is 0.606. The maximum Gasteiger partial charge on any atom is 0.335 e. The first-order chi connectivity index (χ1) is 13.2. The number of allylic oxidation sites excluding steroid dienone is 1. The predicted octanol–water partition coefficient (Wildman–Crippen LogP) is 2.59. The Morgan fingerprint density at radius 2 is 2.00 bits per heavy atom. The van der Waals surface area contributed by atoms with E-state index in [4.69, 9.17) is 9.47 Å². The zero-order valence-corrected chi connectivity index (χ0v) is 17.7. The van der Waals surface area contributed by atoms with Gasteiger partial charge < -0.3 is 19.4 Å². The average Bonchev–Trinajstić information content (AvgIpc) is 3.10. The maximum atomic E-state index is 13.5. The average molecular weight is 405 g/mol. The summed E-state index contributed by atoms with van der Waals surface area (Å²) in [5.41, 5.74) is 0.624. The number of hydrogen-bond donors (Lipinski definition) is 1. The van der Waals surface area contributed by atoms with Crippen LogP contribution in [0.15, 0.2) is 36.2 Å². The topological polar surface area (TPSA) is 69.6 Å². The van der Waals surface area contributed by atoms with Crippen LogP contribution in [0, 0.1) is 5.41 Å². The molecular formula is C21H28N2O4S. The van der Waals surface area contributed by atoms with Gasteiger partial charge in [0, 0.05) is 23.3 Å². The van der Waals surface area contributed by atoms with Gasteiger partial charge in [-0.15, -0.1) is 0 Å². The van der Waals surface area contributed by atoms with Gasteiger partial charge in [-0.05, 0) is 58.8 Å². The second-order valence-corrected chi connectivity index (χ2v) is 10.3. The maximum absolute atomic E-state index is 13.5. The Kier molecular flexibility index (Phi) is 4.58. The molecule has 1 aromatic rings. The number of fused-ring (bicyclic) bond motifs is 3. The fourth-order valence-electron chi connectivity index (χ4n) is 4.37. The van der Waals surface area contributed by atoms with E-state index in [1.54, 1.807) is 6.26 Å². The second kappa shape index (κ2) is 6.59. The minimum absolute atomic E-state index is 0.284. The first kappa shape index (κ1) is 19.5. The van der Waals surface area contributed by atoms with Crippen LogP contribution in [0.2, 0.25) is 0 Å². The fourth-order valence-corrected chi connectivity index (χ4v) is 5.37. The van der Waals surface area contributed by atoms with Crippen LogP contribution in [0.25, 0.3) is 5.70 Å². The molecule has 0 amide bonds. The molecule has 6 nitrogen and oxygen atoms in total. The minimum Gasteiger partial charge on any atom is -0.489 e. The molecule has 1 fully saturated rings. The number of esters is 1. The molecule has 2 unspecified atom stereocenters. The monoisotopic (exact) mass is 404 g/mol. The molecule has 1 N–H and O–H groups in total. The Bertz CT molecular complexity index is 886. The highest BCUT2D eigenvalue weighted by Gasteiger charge is 2.56. The summed E-state index contributed by atoms with van der Waals surface area (Å²) in [6.07, 6.45) is 9.11. The van der Waals surface area contributed by atoms with E-state index in [-0.39, 0.29) is 5.41 Å². The van der Waals surface area contributed by atoms with Gasteiger partial charge in [0.05, 0.1) is 16.8 Å². The molecule has 0 bridgehead atoms. The first-order valence-electron chi connectivity index (χ1n) is 9.72. The number of carbonyl (C=O) groups excluding carboxylic acids is 1. The van der Waals surface area contributed by atoms with E-state index in [1.165, 1.54) is 0 Å². The molecule has 0 saturated carbocycles. The smallest absolute Gasteiger partial charge is 0.335 e. The number of piperidine rings is 1. The Morgan fingerprint density at radius 3 is 2.64 bits per heavy atom. The van der Waals surface area contributed by atoms with Crippen molar-refractivity contribution in [3.63, 3.8) is 0 Å². The molecule has 3 heterocycles. The van der Waals surface area contributed by atoms with Crippen molar-refractivity contribution in [1.82, 2.24) is 9.88 Å². The van der Waals surface area contributed by atoms with Crippen LogP contribution in [0.4, 0.5) is 0 Å². The molecule has 152 valence electrons. The standard InChI is InChI=1S/C21H28N2O4S/c1-19(2,3)27-18(24)21(28(4)25)8-7-20(9-11-22-12-10-20)17-16(21)23-13-5-6-15(23)14-26-17/h5-8,13,22H,9-12,14H2,1-4H3. The molecule has 4 rings (SSSR count). The van der Waals surface area contributed by atoms with Crippen molar-refractivity contribution in [1.29, 1.82) is 0 Å². The Morgan fingerprint density at radius 1 is 1.29 bits per heavy atom. The minimum atomic E-state index is -1.54. The molecule has 1 aliphatic carbocycles. The second-order valence-electron chi connectivity index (χ2n) is 8.77. The van der Waals surface area contributed by atoms with Crippen molar-refractivity contribution in [2.75, 3.05) is 19.3 Å². The van der Waals surface area contributed by atoms with E-state index in [2.05, 4.69) is 5.32 Å². The largest absolute Gasteiger partial charge is 0.489 e. The van der Waals surface area contributed by atoms with Crippen molar-refractivity contribution >= 4 is 22.5 Å². The molecule has 7 heteroatoms. The predicted molar refractivity (Wildman–Crippen MR) is 109 cm³/mol. The molecule has 28 heavy (non-hydrogen) atoms. The van der Waals surface area contributed by atoms with Crippen molar-refractivity contribution in [3.8, 4) is 0 Å². The van der Waals surface area contributed by atoms with Gasteiger partial charge in [-0.1, -0.05) is 12.2 Å². The molecule has 0 aromatic carbocycles. The molecule has 1 spiro atoms. The number of carbonyl (C=O) groups is 1. The highest BCUT2D eigenvalue weighted by molar-refractivity contribution is 7.87. The van der Waals surface area contributed by atoms with E-state index in [1.807, 2.05) is 55.8 Å². The molecule has 2 atom stereocenters. The number of rotatable bonds is 2. The summed E-state index contributed by atoms with van der Waals surface area (Å²) in [6, 6.07) is 3.90. The molecule has 0 radical (unpaired) electrons. The highest BCUT2D eigenvalue weighted by Crippen LogP contribution is 2.52. The molecule has 3 aliphatic rings. The number of aromatic nitrogens is 1. The third-order valence-corrected chi connectivity index (χ3v) is 7.15. The zero-order chi connectivity index (χ0) is 20.2. The lowest BCUT2D eigenvalue weighted by atomic mass is 9.71. The lowest BCUT2D eigenvalue weighted by Gasteiger charge is -2.46. The summed E-state index contributed by atoms with van der Waals surface area (Å²) in [4.78, 5) is 13.5. The van der Waals surface area contributed by atoms with Crippen LogP contribution < -0.4 is 5.32 Å². The normalized spacial score (nSPS) is 27.0. The molecule has 1 saturated heterocycles. The van der Waals surface area contributed by atoms with Crippen LogP contribution >= 0.6 is 0 Å².